The van der Waals surface area contributed by atoms with Crippen molar-refractivity contribution in [1.82, 2.24) is 30.2 Å². The van der Waals surface area contributed by atoms with Gasteiger partial charge < -0.3 is 15.5 Å². The summed E-state index contributed by atoms with van der Waals surface area (Å²) in [6.45, 7) is 7.52. The highest BCUT2D eigenvalue weighted by Crippen LogP contribution is 2.31. The van der Waals surface area contributed by atoms with Crippen molar-refractivity contribution < 1.29 is 9.59 Å². The van der Waals surface area contributed by atoms with Gasteiger partial charge in [0.25, 0.3) is 0 Å². The summed E-state index contributed by atoms with van der Waals surface area (Å²) in [6, 6.07) is 0.483. The predicted octanol–water partition coefficient (Wildman–Crippen LogP) is 1.46. The quantitative estimate of drug-likeness (QED) is 0.590. The van der Waals surface area contributed by atoms with E-state index < -0.39 is 0 Å². The van der Waals surface area contributed by atoms with Crippen molar-refractivity contribution in [2.24, 2.45) is 5.92 Å². The Bertz CT molecular complexity index is 714. The van der Waals surface area contributed by atoms with Gasteiger partial charge in [-0.3, -0.25) is 24.3 Å². The number of nitrogens with one attached hydrogen (secondary N) is 2. The highest BCUT2D eigenvalue weighted by molar-refractivity contribution is 5.83. The molecule has 0 radical (unpaired) electrons. The molecular weight excluding hydrogens is 440 g/mol. The molecule has 4 atom stereocenters. The zero-order valence-corrected chi connectivity index (χ0v) is 21.9. The average Bonchev–Trinajstić information content (AvgIpc) is 3.27. The second-order valence-electron chi connectivity index (χ2n) is 11.8. The minimum atomic E-state index is -0.0240. The van der Waals surface area contributed by atoms with Gasteiger partial charge in [0.05, 0.1) is 6.17 Å². The number of amides is 2. The Hall–Kier alpha value is -1.22. The van der Waals surface area contributed by atoms with Crippen LogP contribution in [-0.2, 0) is 9.59 Å². The van der Waals surface area contributed by atoms with E-state index in [1.165, 1.54) is 51.4 Å². The fourth-order valence-corrected chi connectivity index (χ4v) is 7.43. The Morgan fingerprint density at radius 2 is 1.71 bits per heavy atom. The Kier molecular flexibility index (Phi) is 8.64. The monoisotopic (exact) mass is 488 g/mol. The van der Waals surface area contributed by atoms with Gasteiger partial charge in [0.1, 0.15) is 6.04 Å². The SMILES string of the molecule is CN1[C@@H](CCC(=O)N2CCN(C3CCCCN3)CC2)CNC(=O)[C@@H]2[C@@H]1CCN2CC1CCCCC1. The van der Waals surface area contributed by atoms with Gasteiger partial charge in [-0.2, -0.15) is 0 Å². The van der Waals surface area contributed by atoms with Crippen molar-refractivity contribution in [2.75, 3.05) is 59.4 Å². The number of rotatable bonds is 6. The number of fused-ring (bicyclic) bond motifs is 1. The van der Waals surface area contributed by atoms with Crippen LogP contribution in [-0.4, -0.2) is 115 Å². The van der Waals surface area contributed by atoms with Crippen LogP contribution in [0.4, 0.5) is 0 Å². The first kappa shape index (κ1) is 25.4. The Labute approximate surface area is 212 Å². The first-order valence-corrected chi connectivity index (χ1v) is 14.6. The third-order valence-electron chi connectivity index (χ3n) is 9.65. The molecule has 1 unspecified atom stereocenters. The molecule has 8 nitrogen and oxygen atoms in total. The number of carbonyl (C=O) groups is 2. The van der Waals surface area contributed by atoms with E-state index >= 15 is 0 Å². The van der Waals surface area contributed by atoms with Crippen LogP contribution in [0, 0.1) is 5.92 Å². The molecule has 4 heterocycles. The van der Waals surface area contributed by atoms with Gasteiger partial charge in [-0.1, -0.05) is 19.3 Å². The van der Waals surface area contributed by atoms with Crippen LogP contribution in [0.15, 0.2) is 0 Å². The van der Waals surface area contributed by atoms with Gasteiger partial charge >= 0.3 is 0 Å². The third kappa shape index (κ3) is 6.03. The Morgan fingerprint density at radius 1 is 0.943 bits per heavy atom. The fraction of sp³-hybridized carbons (Fsp3) is 0.926. The number of hydrogen-bond donors (Lipinski definition) is 2. The lowest BCUT2D eigenvalue weighted by Crippen LogP contribution is -2.56. The predicted molar refractivity (Wildman–Crippen MR) is 138 cm³/mol. The van der Waals surface area contributed by atoms with Gasteiger partial charge in [0.15, 0.2) is 0 Å². The van der Waals surface area contributed by atoms with Crippen LogP contribution in [0.3, 0.4) is 0 Å². The zero-order chi connectivity index (χ0) is 24.2. The van der Waals surface area contributed by atoms with Crippen LogP contribution < -0.4 is 10.6 Å². The highest BCUT2D eigenvalue weighted by atomic mass is 16.2. The summed E-state index contributed by atoms with van der Waals surface area (Å²) in [7, 11) is 2.19. The molecule has 35 heavy (non-hydrogen) atoms. The number of likely N-dealkylation sites (N-methyl/N-ethyl adjacent to an activating group) is 1. The summed E-state index contributed by atoms with van der Waals surface area (Å²) < 4.78 is 0. The van der Waals surface area contributed by atoms with Crippen LogP contribution >= 0.6 is 0 Å². The van der Waals surface area contributed by atoms with Crippen LogP contribution in [0.1, 0.15) is 70.6 Å². The summed E-state index contributed by atoms with van der Waals surface area (Å²) in [4.78, 5) is 35.7. The summed E-state index contributed by atoms with van der Waals surface area (Å²) in [5.41, 5.74) is 0. The second-order valence-corrected chi connectivity index (χ2v) is 11.8. The Balaban J connectivity index is 1.10. The molecular formula is C27H48N6O2. The van der Waals surface area contributed by atoms with E-state index in [2.05, 4.69) is 37.3 Å². The molecule has 4 aliphatic heterocycles. The molecule has 5 rings (SSSR count). The maximum Gasteiger partial charge on any atom is 0.239 e. The highest BCUT2D eigenvalue weighted by Gasteiger charge is 2.45. The van der Waals surface area contributed by atoms with Crippen molar-refractivity contribution in [1.29, 1.82) is 0 Å². The van der Waals surface area contributed by atoms with E-state index in [0.29, 0.717) is 19.1 Å². The van der Waals surface area contributed by atoms with Crippen LogP contribution in [0.25, 0.3) is 0 Å². The molecule has 1 saturated carbocycles. The molecule has 0 spiro atoms. The van der Waals surface area contributed by atoms with E-state index in [9.17, 15) is 9.59 Å². The molecule has 0 aromatic carbocycles. The van der Waals surface area contributed by atoms with Gasteiger partial charge in [-0.05, 0) is 64.5 Å². The fourth-order valence-electron chi connectivity index (χ4n) is 7.43. The molecule has 0 aromatic rings. The molecule has 5 aliphatic rings. The van der Waals surface area contributed by atoms with E-state index in [1.807, 2.05) is 0 Å². The first-order chi connectivity index (χ1) is 17.1. The maximum absolute atomic E-state index is 13.1. The summed E-state index contributed by atoms with van der Waals surface area (Å²) >= 11 is 0. The van der Waals surface area contributed by atoms with Crippen molar-refractivity contribution in [2.45, 2.75) is 94.9 Å². The van der Waals surface area contributed by atoms with Crippen molar-refractivity contribution in [3.05, 3.63) is 0 Å². The van der Waals surface area contributed by atoms with Gasteiger partial charge in [0.2, 0.25) is 11.8 Å². The third-order valence-corrected chi connectivity index (χ3v) is 9.65. The lowest BCUT2D eigenvalue weighted by Gasteiger charge is -2.41. The number of likely N-dealkylation sites (tertiary alicyclic amines) is 1. The summed E-state index contributed by atoms with van der Waals surface area (Å²) in [5, 5.41) is 6.89. The number of nitrogens with zero attached hydrogens (tertiary/aromatic N) is 4. The van der Waals surface area contributed by atoms with E-state index in [0.717, 1.165) is 64.6 Å². The van der Waals surface area contributed by atoms with E-state index in [4.69, 9.17) is 0 Å². The van der Waals surface area contributed by atoms with Crippen molar-refractivity contribution in [3.8, 4) is 0 Å². The number of hydrogen-bond acceptors (Lipinski definition) is 6. The molecule has 0 bridgehead atoms. The smallest absolute Gasteiger partial charge is 0.239 e. The first-order valence-electron chi connectivity index (χ1n) is 14.6. The zero-order valence-electron chi connectivity index (χ0n) is 21.9. The molecule has 2 N–H and O–H groups in total. The number of carbonyl (C=O) groups excluding carboxylic acids is 2. The molecule has 0 aromatic heterocycles. The molecule has 4 saturated heterocycles. The normalized spacial score (nSPS) is 34.4. The van der Waals surface area contributed by atoms with Crippen molar-refractivity contribution >= 4 is 11.8 Å². The summed E-state index contributed by atoms with van der Waals surface area (Å²) in [5.74, 6) is 1.25. The lowest BCUT2D eigenvalue weighted by molar-refractivity contribution is -0.134. The summed E-state index contributed by atoms with van der Waals surface area (Å²) in [6.07, 6.45) is 13.5. The van der Waals surface area contributed by atoms with E-state index in [-0.39, 0.29) is 29.9 Å². The molecule has 1 aliphatic carbocycles. The molecule has 8 heteroatoms. The molecule has 198 valence electrons. The van der Waals surface area contributed by atoms with Crippen LogP contribution in [0.5, 0.6) is 0 Å². The van der Waals surface area contributed by atoms with E-state index in [1.54, 1.807) is 0 Å². The maximum atomic E-state index is 13.1. The number of piperazine rings is 1. The minimum absolute atomic E-state index is 0.0240. The number of piperidine rings is 1. The standard InChI is InChI=1S/C27H48N6O2/c1-30-22(10-11-25(34)32-17-15-31(16-18-32)24-9-5-6-13-28-24)19-29-27(35)26-23(30)12-14-33(26)20-21-7-3-2-4-8-21/h21-24,26,28H,2-20H2,1H3,(H,29,35)/t22-,23-,24?,26-/m0/s1. The lowest BCUT2D eigenvalue weighted by atomic mass is 9.88. The molecule has 5 fully saturated rings. The van der Waals surface area contributed by atoms with Gasteiger partial charge in [0, 0.05) is 64.3 Å². The minimum Gasteiger partial charge on any atom is -0.353 e. The van der Waals surface area contributed by atoms with Crippen LogP contribution in [0.2, 0.25) is 0 Å². The van der Waals surface area contributed by atoms with Crippen molar-refractivity contribution in [3.63, 3.8) is 0 Å². The molecule has 2 amide bonds. The average molecular weight is 489 g/mol. The Morgan fingerprint density at radius 3 is 2.46 bits per heavy atom. The second kappa shape index (κ2) is 11.9. The largest absolute Gasteiger partial charge is 0.353 e. The van der Waals surface area contributed by atoms with Gasteiger partial charge in [-0.25, -0.2) is 0 Å². The topological polar surface area (TPSA) is 71.2 Å². The van der Waals surface area contributed by atoms with Gasteiger partial charge in [-0.15, -0.1) is 0 Å².